The summed E-state index contributed by atoms with van der Waals surface area (Å²) >= 11 is 0. The Morgan fingerprint density at radius 2 is 2.00 bits per heavy atom. The van der Waals surface area contributed by atoms with E-state index in [-0.39, 0.29) is 6.42 Å². The minimum atomic E-state index is -4.73. The van der Waals surface area contributed by atoms with Gasteiger partial charge in [0.1, 0.15) is 5.60 Å². The molecule has 4 nitrogen and oxygen atoms in total. The van der Waals surface area contributed by atoms with Crippen molar-refractivity contribution < 1.29 is 32.2 Å². The molecule has 110 valence electrons. The third-order valence-electron chi connectivity index (χ3n) is 3.35. The van der Waals surface area contributed by atoms with Crippen LogP contribution in [0.5, 0.6) is 0 Å². The zero-order valence-corrected chi connectivity index (χ0v) is 11.3. The van der Waals surface area contributed by atoms with E-state index in [4.69, 9.17) is 9.47 Å². The van der Waals surface area contributed by atoms with Crippen LogP contribution in [0.1, 0.15) is 40.5 Å². The van der Waals surface area contributed by atoms with E-state index in [0.29, 0.717) is 0 Å². The van der Waals surface area contributed by atoms with Gasteiger partial charge in [-0.05, 0) is 27.2 Å². The number of hydrogen-bond acceptors (Lipinski definition) is 4. The fourth-order valence-corrected chi connectivity index (χ4v) is 1.72. The van der Waals surface area contributed by atoms with Gasteiger partial charge in [0.05, 0.1) is 0 Å². The van der Waals surface area contributed by atoms with Crippen molar-refractivity contribution in [2.24, 2.45) is 5.41 Å². The molecule has 1 fully saturated rings. The van der Waals surface area contributed by atoms with E-state index < -0.39 is 41.7 Å². The fourth-order valence-electron chi connectivity index (χ4n) is 1.72. The van der Waals surface area contributed by atoms with E-state index in [1.165, 1.54) is 6.92 Å². The maximum Gasteiger partial charge on any atom is 0.404 e. The molecule has 7 heteroatoms. The zero-order valence-electron chi connectivity index (χ0n) is 11.3. The smallest absolute Gasteiger partial charge is 0.404 e. The van der Waals surface area contributed by atoms with Crippen molar-refractivity contribution in [2.45, 2.75) is 58.4 Å². The first kappa shape index (κ1) is 15.8. The van der Waals surface area contributed by atoms with Crippen LogP contribution in [0.2, 0.25) is 0 Å². The molecule has 1 aliphatic rings. The van der Waals surface area contributed by atoms with Crippen LogP contribution in [-0.4, -0.2) is 29.8 Å². The maximum atomic E-state index is 12.9. The molecule has 19 heavy (non-hydrogen) atoms. The Labute approximate surface area is 109 Å². The van der Waals surface area contributed by atoms with Crippen LogP contribution in [0.3, 0.4) is 0 Å². The molecule has 0 amide bonds. The first-order valence-corrected chi connectivity index (χ1v) is 5.93. The number of alkyl halides is 3. The molecule has 2 atom stereocenters. The van der Waals surface area contributed by atoms with Gasteiger partial charge in [0.25, 0.3) is 0 Å². The molecular weight excluding hydrogens is 265 g/mol. The van der Waals surface area contributed by atoms with Crippen molar-refractivity contribution in [1.29, 1.82) is 0 Å². The number of carbonyl (C=O) groups excluding carboxylic acids is 2. The fraction of sp³-hybridized carbons (Fsp3) is 0.833. The summed E-state index contributed by atoms with van der Waals surface area (Å²) in [6.07, 6.45) is -6.40. The molecule has 0 aromatic rings. The van der Waals surface area contributed by atoms with E-state index in [0.717, 1.165) is 6.92 Å². The Hall–Kier alpha value is -1.27. The van der Waals surface area contributed by atoms with Crippen molar-refractivity contribution >= 4 is 11.9 Å². The molecule has 0 aliphatic carbocycles. The second kappa shape index (κ2) is 4.68. The van der Waals surface area contributed by atoms with Crippen molar-refractivity contribution in [3.05, 3.63) is 0 Å². The van der Waals surface area contributed by atoms with Crippen LogP contribution in [0.4, 0.5) is 13.2 Å². The second-order valence-corrected chi connectivity index (χ2v) is 5.46. The average Bonchev–Trinajstić information content (AvgIpc) is 2.48. The molecule has 0 saturated carbocycles. The van der Waals surface area contributed by atoms with Gasteiger partial charge >= 0.3 is 18.1 Å². The topological polar surface area (TPSA) is 52.6 Å². The highest BCUT2D eigenvalue weighted by atomic mass is 19.4. The van der Waals surface area contributed by atoms with Crippen LogP contribution in [0.15, 0.2) is 0 Å². The van der Waals surface area contributed by atoms with Gasteiger partial charge in [0.2, 0.25) is 6.10 Å². The molecule has 1 heterocycles. The Kier molecular flexibility index (Phi) is 3.89. The molecule has 1 aliphatic heterocycles. The first-order chi connectivity index (χ1) is 8.43. The van der Waals surface area contributed by atoms with Crippen LogP contribution >= 0.6 is 0 Å². The van der Waals surface area contributed by atoms with Gasteiger partial charge in [-0.1, -0.05) is 6.92 Å². The molecular formula is C12H17F3O4. The number of cyclic esters (lactones) is 1. The van der Waals surface area contributed by atoms with Gasteiger partial charge in [-0.2, -0.15) is 13.2 Å². The molecule has 0 aromatic carbocycles. The van der Waals surface area contributed by atoms with E-state index in [1.807, 2.05) is 0 Å². The Morgan fingerprint density at radius 3 is 2.32 bits per heavy atom. The summed E-state index contributed by atoms with van der Waals surface area (Å²) in [7, 11) is 0. The predicted molar refractivity (Wildman–Crippen MR) is 59.1 cm³/mol. The van der Waals surface area contributed by atoms with Gasteiger partial charge in [-0.25, -0.2) is 4.79 Å². The summed E-state index contributed by atoms with van der Waals surface area (Å²) in [5.74, 6) is -2.25. The summed E-state index contributed by atoms with van der Waals surface area (Å²) in [6, 6.07) is 0. The summed E-state index contributed by atoms with van der Waals surface area (Å²) in [4.78, 5) is 23.1. The van der Waals surface area contributed by atoms with Crippen molar-refractivity contribution in [1.82, 2.24) is 0 Å². The maximum absolute atomic E-state index is 12.9. The molecule has 0 bridgehead atoms. The first-order valence-electron chi connectivity index (χ1n) is 5.93. The monoisotopic (exact) mass is 282 g/mol. The second-order valence-electron chi connectivity index (χ2n) is 5.46. The Balaban J connectivity index is 2.83. The molecule has 0 aromatic heterocycles. The van der Waals surface area contributed by atoms with E-state index >= 15 is 0 Å². The Morgan fingerprint density at radius 1 is 1.47 bits per heavy atom. The number of ether oxygens (including phenoxy) is 2. The third kappa shape index (κ3) is 3.01. The summed E-state index contributed by atoms with van der Waals surface area (Å²) < 4.78 is 48.2. The number of hydrogen-bond donors (Lipinski definition) is 0. The van der Waals surface area contributed by atoms with Gasteiger partial charge in [-0.3, -0.25) is 4.79 Å². The van der Waals surface area contributed by atoms with Crippen molar-refractivity contribution in [3.8, 4) is 0 Å². The lowest BCUT2D eigenvalue weighted by Gasteiger charge is -2.29. The lowest BCUT2D eigenvalue weighted by atomic mass is 9.87. The highest BCUT2D eigenvalue weighted by molar-refractivity contribution is 5.84. The predicted octanol–water partition coefficient (Wildman–Crippen LogP) is 2.60. The lowest BCUT2D eigenvalue weighted by Crippen LogP contribution is -2.45. The lowest BCUT2D eigenvalue weighted by molar-refractivity contribution is -0.233. The van der Waals surface area contributed by atoms with Crippen LogP contribution in [0, 0.1) is 5.41 Å². The minimum Gasteiger partial charge on any atom is -0.457 e. The molecule has 0 N–H and O–H groups in total. The van der Waals surface area contributed by atoms with Crippen LogP contribution < -0.4 is 0 Å². The normalized spacial score (nSPS) is 25.6. The number of rotatable bonds is 3. The SMILES string of the molecule is CCC(C)(C(=O)OC1CC(C)(C)OC1=O)C(F)(F)F. The molecule has 1 rings (SSSR count). The number of halogens is 3. The highest BCUT2D eigenvalue weighted by Crippen LogP contribution is 2.42. The third-order valence-corrected chi connectivity index (χ3v) is 3.35. The quantitative estimate of drug-likeness (QED) is 0.747. The average molecular weight is 282 g/mol. The van der Waals surface area contributed by atoms with E-state index in [2.05, 4.69) is 0 Å². The van der Waals surface area contributed by atoms with Crippen molar-refractivity contribution in [2.75, 3.05) is 0 Å². The largest absolute Gasteiger partial charge is 0.457 e. The van der Waals surface area contributed by atoms with Crippen LogP contribution in [0.25, 0.3) is 0 Å². The summed E-state index contributed by atoms with van der Waals surface area (Å²) in [5.41, 5.74) is -3.44. The number of esters is 2. The summed E-state index contributed by atoms with van der Waals surface area (Å²) in [6.45, 7) is 5.20. The zero-order chi connectivity index (χ0) is 15.1. The molecule has 1 saturated heterocycles. The van der Waals surface area contributed by atoms with E-state index in [9.17, 15) is 22.8 Å². The molecule has 2 unspecified atom stereocenters. The van der Waals surface area contributed by atoms with Crippen molar-refractivity contribution in [3.63, 3.8) is 0 Å². The van der Waals surface area contributed by atoms with Crippen LogP contribution in [-0.2, 0) is 19.1 Å². The number of carbonyl (C=O) groups is 2. The highest BCUT2D eigenvalue weighted by Gasteiger charge is 2.58. The Bertz CT molecular complexity index is 389. The minimum absolute atomic E-state index is 0.0508. The van der Waals surface area contributed by atoms with Gasteiger partial charge < -0.3 is 9.47 Å². The van der Waals surface area contributed by atoms with Gasteiger partial charge in [-0.15, -0.1) is 0 Å². The standard InChI is InChI=1S/C12H17F3O4/c1-5-11(4,12(13,14)15)9(17)18-7-6-10(2,3)19-8(7)16/h7H,5-6H2,1-4H3. The van der Waals surface area contributed by atoms with Gasteiger partial charge in [0, 0.05) is 6.42 Å². The van der Waals surface area contributed by atoms with E-state index in [1.54, 1.807) is 13.8 Å². The summed E-state index contributed by atoms with van der Waals surface area (Å²) in [5, 5.41) is 0. The molecule has 0 radical (unpaired) electrons. The van der Waals surface area contributed by atoms with Gasteiger partial charge in [0.15, 0.2) is 5.41 Å². The molecule has 0 spiro atoms.